The molecule has 8 heavy (non-hydrogen) atoms. The molecule has 50 valence electrons. The predicted octanol–water partition coefficient (Wildman–Crippen LogP) is 1.34. The van der Waals surface area contributed by atoms with Crippen LogP contribution in [0.4, 0.5) is 0 Å². The van der Waals surface area contributed by atoms with Crippen molar-refractivity contribution in [2.75, 3.05) is 5.88 Å². The Kier molecular flexibility index (Phi) is 7.65. The van der Waals surface area contributed by atoms with E-state index < -0.39 is 11.3 Å². The average molecular weight is 179 g/mol. The molecule has 0 rings (SSSR count). The summed E-state index contributed by atoms with van der Waals surface area (Å²) in [7, 11) is 0. The summed E-state index contributed by atoms with van der Waals surface area (Å²) in [6.07, 6.45) is 0. The average Bonchev–Trinajstić information content (AvgIpc) is 1.65. The van der Waals surface area contributed by atoms with Crippen molar-refractivity contribution in [2.45, 2.75) is 5.38 Å². The molecule has 0 spiro atoms. The van der Waals surface area contributed by atoms with Crippen LogP contribution in [0.2, 0.25) is 0 Å². The fraction of sp³-hybridized carbons (Fsp3) is 0.667. The van der Waals surface area contributed by atoms with Gasteiger partial charge in [-0.25, -0.2) is 0 Å². The molecule has 0 aromatic heterocycles. The molecule has 0 aromatic rings. The van der Waals surface area contributed by atoms with Gasteiger partial charge in [0.2, 0.25) is 0 Å². The second-order valence-electron chi connectivity index (χ2n) is 0.960. The molecule has 0 saturated carbocycles. The normalized spacial score (nSPS) is 11.8. The third-order valence-corrected chi connectivity index (χ3v) is 1.21. The molecule has 1 atom stereocenters. The van der Waals surface area contributed by atoms with E-state index in [2.05, 4.69) is 0 Å². The second kappa shape index (κ2) is 5.48. The van der Waals surface area contributed by atoms with Gasteiger partial charge >= 0.3 is 5.97 Å². The maximum absolute atomic E-state index is 9.71. The first-order valence-corrected chi connectivity index (χ1v) is 2.58. The third-order valence-electron chi connectivity index (χ3n) is 0.403. The number of carboxylic acids is 1. The van der Waals surface area contributed by atoms with Crippen LogP contribution in [0.3, 0.4) is 0 Å². The maximum atomic E-state index is 9.71. The molecule has 0 fully saturated rings. The van der Waals surface area contributed by atoms with Crippen LogP contribution in [0.1, 0.15) is 0 Å². The largest absolute Gasteiger partial charge is 0.480 e. The lowest BCUT2D eigenvalue weighted by molar-refractivity contribution is -0.136. The first-order chi connectivity index (χ1) is 3.18. The quantitative estimate of drug-likeness (QED) is 0.650. The van der Waals surface area contributed by atoms with Gasteiger partial charge in [0.05, 0.1) is 0 Å². The van der Waals surface area contributed by atoms with E-state index >= 15 is 0 Å². The van der Waals surface area contributed by atoms with Gasteiger partial charge < -0.3 is 5.11 Å². The Bertz CT molecular complexity index is 74.9. The highest BCUT2D eigenvalue weighted by atomic mass is 35.5. The van der Waals surface area contributed by atoms with E-state index in [1.807, 2.05) is 0 Å². The Morgan fingerprint density at radius 3 is 2.12 bits per heavy atom. The molecule has 1 N–H and O–H groups in total. The number of halogens is 3. The minimum atomic E-state index is -1.07. The van der Waals surface area contributed by atoms with Gasteiger partial charge in [-0.15, -0.1) is 35.6 Å². The lowest BCUT2D eigenvalue weighted by atomic mass is 10.5. The highest BCUT2D eigenvalue weighted by Crippen LogP contribution is 1.96. The van der Waals surface area contributed by atoms with E-state index in [1.165, 1.54) is 0 Å². The smallest absolute Gasteiger partial charge is 0.322 e. The molecule has 0 aliphatic carbocycles. The number of rotatable bonds is 2. The van der Waals surface area contributed by atoms with Crippen molar-refractivity contribution in [1.82, 2.24) is 0 Å². The van der Waals surface area contributed by atoms with Crippen LogP contribution in [0.15, 0.2) is 0 Å². The van der Waals surface area contributed by atoms with Crippen molar-refractivity contribution in [3.05, 3.63) is 0 Å². The molecule has 2 nitrogen and oxygen atoms in total. The van der Waals surface area contributed by atoms with Gasteiger partial charge in [0.15, 0.2) is 0 Å². The van der Waals surface area contributed by atoms with E-state index in [4.69, 9.17) is 28.3 Å². The van der Waals surface area contributed by atoms with Crippen LogP contribution in [-0.4, -0.2) is 22.3 Å². The standard InChI is InChI=1S/C3H4Cl2O2.ClH/c4-1-2(5)3(6)7;/h2H,1H2,(H,6,7);1H. The van der Waals surface area contributed by atoms with Gasteiger partial charge in [-0.2, -0.15) is 0 Å². The topological polar surface area (TPSA) is 37.3 Å². The van der Waals surface area contributed by atoms with Crippen LogP contribution < -0.4 is 0 Å². The summed E-state index contributed by atoms with van der Waals surface area (Å²) < 4.78 is 0. The van der Waals surface area contributed by atoms with Gasteiger partial charge in [-0.1, -0.05) is 0 Å². The molecule has 0 radical (unpaired) electrons. The van der Waals surface area contributed by atoms with Gasteiger partial charge in [0.1, 0.15) is 5.38 Å². The number of hydrogen-bond donors (Lipinski definition) is 1. The lowest BCUT2D eigenvalue weighted by Gasteiger charge is -1.92. The minimum absolute atomic E-state index is 0. The highest BCUT2D eigenvalue weighted by molar-refractivity contribution is 6.35. The van der Waals surface area contributed by atoms with Gasteiger partial charge in [-0.05, 0) is 0 Å². The summed E-state index contributed by atoms with van der Waals surface area (Å²) in [6.45, 7) is 0. The second-order valence-corrected chi connectivity index (χ2v) is 1.80. The first-order valence-electron chi connectivity index (χ1n) is 1.61. The van der Waals surface area contributed by atoms with E-state index in [0.717, 1.165) is 0 Å². The summed E-state index contributed by atoms with van der Waals surface area (Å²) in [5.41, 5.74) is 0. The van der Waals surface area contributed by atoms with Crippen molar-refractivity contribution in [3.8, 4) is 0 Å². The minimum Gasteiger partial charge on any atom is -0.480 e. The van der Waals surface area contributed by atoms with Crippen LogP contribution in [0, 0.1) is 0 Å². The molecule has 0 saturated heterocycles. The molecule has 0 bridgehead atoms. The van der Waals surface area contributed by atoms with Crippen molar-refractivity contribution in [2.24, 2.45) is 0 Å². The Morgan fingerprint density at radius 1 is 1.75 bits per heavy atom. The van der Waals surface area contributed by atoms with Crippen molar-refractivity contribution < 1.29 is 9.90 Å². The third kappa shape index (κ3) is 4.50. The summed E-state index contributed by atoms with van der Waals surface area (Å²) in [4.78, 5) is 9.71. The number of carbonyl (C=O) groups is 1. The monoisotopic (exact) mass is 178 g/mol. The number of aliphatic carboxylic acids is 1. The van der Waals surface area contributed by atoms with E-state index in [-0.39, 0.29) is 18.3 Å². The number of alkyl halides is 2. The van der Waals surface area contributed by atoms with E-state index in [0.29, 0.717) is 0 Å². The van der Waals surface area contributed by atoms with Crippen LogP contribution in [-0.2, 0) is 4.79 Å². The molecular formula is C3H5Cl3O2. The lowest BCUT2D eigenvalue weighted by Crippen LogP contribution is -2.13. The van der Waals surface area contributed by atoms with Crippen molar-refractivity contribution in [1.29, 1.82) is 0 Å². The van der Waals surface area contributed by atoms with E-state index in [1.54, 1.807) is 0 Å². The van der Waals surface area contributed by atoms with Crippen molar-refractivity contribution >= 4 is 41.6 Å². The zero-order chi connectivity index (χ0) is 5.86. The summed E-state index contributed by atoms with van der Waals surface area (Å²) >= 11 is 10.1. The highest BCUT2D eigenvalue weighted by Gasteiger charge is 2.09. The van der Waals surface area contributed by atoms with Crippen LogP contribution in [0.25, 0.3) is 0 Å². The van der Waals surface area contributed by atoms with Crippen LogP contribution in [0.5, 0.6) is 0 Å². The zero-order valence-electron chi connectivity index (χ0n) is 3.80. The van der Waals surface area contributed by atoms with Gasteiger partial charge in [-0.3, -0.25) is 4.79 Å². The summed E-state index contributed by atoms with van der Waals surface area (Å²) in [6, 6.07) is 0. The fourth-order valence-electron chi connectivity index (χ4n) is 0.0660. The summed E-state index contributed by atoms with van der Waals surface area (Å²) in [5.74, 6) is -1.12. The number of carboxylic acid groups (broad SMARTS) is 1. The zero-order valence-corrected chi connectivity index (χ0v) is 6.13. The summed E-state index contributed by atoms with van der Waals surface area (Å²) in [5, 5.41) is 7.02. The maximum Gasteiger partial charge on any atom is 0.322 e. The van der Waals surface area contributed by atoms with Crippen LogP contribution >= 0.6 is 35.6 Å². The molecule has 0 aliphatic rings. The Labute approximate surface area is 63.2 Å². The Balaban J connectivity index is 0. The molecule has 1 unspecified atom stereocenters. The predicted molar refractivity (Wildman–Crippen MR) is 35.2 cm³/mol. The Morgan fingerprint density at radius 2 is 2.12 bits per heavy atom. The van der Waals surface area contributed by atoms with Gasteiger partial charge in [0, 0.05) is 5.88 Å². The Hall–Kier alpha value is 0.340. The molecule has 0 aliphatic heterocycles. The SMILES string of the molecule is Cl.O=C(O)C(Cl)CCl. The molecule has 0 heterocycles. The first kappa shape index (κ1) is 11.2. The molecule has 0 amide bonds. The number of hydrogen-bond acceptors (Lipinski definition) is 1. The van der Waals surface area contributed by atoms with Crippen molar-refractivity contribution in [3.63, 3.8) is 0 Å². The van der Waals surface area contributed by atoms with Gasteiger partial charge in [0.25, 0.3) is 0 Å². The molecule has 5 heteroatoms. The molecular weight excluding hydrogens is 174 g/mol. The van der Waals surface area contributed by atoms with E-state index in [9.17, 15) is 4.79 Å². The molecule has 0 aromatic carbocycles. The fourth-order valence-corrected chi connectivity index (χ4v) is 0.198.